The largest absolute Gasteiger partial charge is 0.416 e. The number of carbonyl (C=O) groups excluding carboxylic acids is 2. The van der Waals surface area contributed by atoms with E-state index in [4.69, 9.17) is 4.74 Å². The summed E-state index contributed by atoms with van der Waals surface area (Å²) in [6.45, 7) is 1.99. The van der Waals surface area contributed by atoms with Crippen molar-refractivity contribution >= 4 is 17.5 Å². The zero-order valence-electron chi connectivity index (χ0n) is 12.8. The van der Waals surface area contributed by atoms with Crippen molar-refractivity contribution in [1.82, 2.24) is 4.90 Å². The zero-order chi connectivity index (χ0) is 17.3. The molecule has 1 saturated heterocycles. The predicted molar refractivity (Wildman–Crippen MR) is 79.1 cm³/mol. The van der Waals surface area contributed by atoms with E-state index in [2.05, 4.69) is 5.32 Å². The van der Waals surface area contributed by atoms with Gasteiger partial charge in [-0.15, -0.1) is 0 Å². The molecule has 1 heterocycles. The first-order chi connectivity index (χ1) is 11.4. The van der Waals surface area contributed by atoms with E-state index >= 15 is 0 Å². The van der Waals surface area contributed by atoms with Crippen LogP contribution in [0, 0.1) is 11.8 Å². The first-order valence-electron chi connectivity index (χ1n) is 7.71. The van der Waals surface area contributed by atoms with Gasteiger partial charge >= 0.3 is 6.18 Å². The molecule has 8 heteroatoms. The molecular formula is C16H17F3N2O3. The fourth-order valence-electron chi connectivity index (χ4n) is 2.78. The maximum atomic E-state index is 12.7. The lowest BCUT2D eigenvalue weighted by Crippen LogP contribution is -2.42. The van der Waals surface area contributed by atoms with Crippen molar-refractivity contribution in [3.63, 3.8) is 0 Å². The number of amides is 2. The van der Waals surface area contributed by atoms with Gasteiger partial charge in [0.15, 0.2) is 0 Å². The van der Waals surface area contributed by atoms with Crippen molar-refractivity contribution in [3.8, 4) is 0 Å². The number of halogens is 3. The fraction of sp³-hybridized carbons (Fsp3) is 0.500. The van der Waals surface area contributed by atoms with E-state index < -0.39 is 23.6 Å². The predicted octanol–water partition coefficient (Wildman–Crippen LogP) is 2.14. The summed E-state index contributed by atoms with van der Waals surface area (Å²) >= 11 is 0. The number of hydrogen-bond acceptors (Lipinski definition) is 3. The molecule has 2 fully saturated rings. The Bertz CT molecular complexity index is 642. The maximum Gasteiger partial charge on any atom is 0.416 e. The van der Waals surface area contributed by atoms with Gasteiger partial charge < -0.3 is 15.0 Å². The number of anilines is 1. The van der Waals surface area contributed by atoms with Gasteiger partial charge in [-0.2, -0.15) is 13.2 Å². The van der Waals surface area contributed by atoms with E-state index in [1.807, 2.05) is 0 Å². The Hall–Kier alpha value is -2.09. The number of ether oxygens (including phenoxy) is 1. The van der Waals surface area contributed by atoms with E-state index in [0.29, 0.717) is 32.7 Å². The molecule has 0 aromatic heterocycles. The van der Waals surface area contributed by atoms with E-state index in [9.17, 15) is 22.8 Å². The van der Waals surface area contributed by atoms with E-state index in [-0.39, 0.29) is 17.5 Å². The molecule has 1 aromatic rings. The normalized spacial score (nSPS) is 23.7. The van der Waals surface area contributed by atoms with Gasteiger partial charge in [-0.3, -0.25) is 9.59 Å². The zero-order valence-corrected chi connectivity index (χ0v) is 12.8. The number of benzene rings is 1. The molecule has 1 aliphatic heterocycles. The van der Waals surface area contributed by atoms with Crippen molar-refractivity contribution in [2.24, 2.45) is 11.8 Å². The summed E-state index contributed by atoms with van der Waals surface area (Å²) in [6.07, 6.45) is -4.03. The van der Waals surface area contributed by atoms with Crippen LogP contribution in [-0.2, 0) is 20.5 Å². The Morgan fingerprint density at radius 2 is 1.88 bits per heavy atom. The van der Waals surface area contributed by atoms with Crippen LogP contribution in [0.3, 0.4) is 0 Å². The molecule has 130 valence electrons. The van der Waals surface area contributed by atoms with E-state index in [1.54, 1.807) is 4.90 Å². The maximum absolute atomic E-state index is 12.7. The average Bonchev–Trinajstić information content (AvgIpc) is 3.35. The molecule has 3 rings (SSSR count). The van der Waals surface area contributed by atoms with Crippen molar-refractivity contribution < 1.29 is 27.5 Å². The molecule has 2 unspecified atom stereocenters. The Balaban J connectivity index is 1.58. The fourth-order valence-corrected chi connectivity index (χ4v) is 2.78. The number of hydrogen-bond donors (Lipinski definition) is 1. The molecule has 2 aliphatic rings. The Kier molecular flexibility index (Phi) is 4.49. The molecule has 5 nitrogen and oxygen atoms in total. The van der Waals surface area contributed by atoms with Crippen LogP contribution in [-0.4, -0.2) is 43.0 Å². The van der Waals surface area contributed by atoms with Gasteiger partial charge in [0.2, 0.25) is 11.8 Å². The second-order valence-electron chi connectivity index (χ2n) is 5.95. The molecule has 2 amide bonds. The second kappa shape index (κ2) is 6.43. The summed E-state index contributed by atoms with van der Waals surface area (Å²) in [5, 5.41) is 2.47. The molecule has 2 atom stereocenters. The molecule has 1 saturated carbocycles. The van der Waals surface area contributed by atoms with Crippen molar-refractivity contribution in [2.75, 3.05) is 31.6 Å². The third-order valence-electron chi connectivity index (χ3n) is 4.22. The lowest BCUT2D eigenvalue weighted by atomic mass is 10.2. The minimum atomic E-state index is -4.46. The molecule has 1 aliphatic carbocycles. The topological polar surface area (TPSA) is 58.6 Å². The molecule has 1 aromatic carbocycles. The smallest absolute Gasteiger partial charge is 0.378 e. The number of nitrogens with one attached hydrogen (secondary N) is 1. The summed E-state index contributed by atoms with van der Waals surface area (Å²) in [6, 6.07) is 4.46. The lowest BCUT2D eigenvalue weighted by molar-refractivity contribution is -0.138. The van der Waals surface area contributed by atoms with Crippen LogP contribution in [0.25, 0.3) is 0 Å². The van der Waals surface area contributed by atoms with Crippen LogP contribution < -0.4 is 5.32 Å². The van der Waals surface area contributed by atoms with Crippen LogP contribution in [0.5, 0.6) is 0 Å². The van der Waals surface area contributed by atoms with Crippen LogP contribution in [0.2, 0.25) is 0 Å². The summed E-state index contributed by atoms with van der Waals surface area (Å²) < 4.78 is 43.2. The number of carbonyl (C=O) groups is 2. The molecule has 24 heavy (non-hydrogen) atoms. The highest BCUT2D eigenvalue weighted by Gasteiger charge is 2.49. The Morgan fingerprint density at radius 3 is 2.54 bits per heavy atom. The van der Waals surface area contributed by atoms with Gasteiger partial charge in [0, 0.05) is 18.8 Å². The van der Waals surface area contributed by atoms with Gasteiger partial charge in [0.05, 0.1) is 30.6 Å². The number of nitrogens with zero attached hydrogens (tertiary/aromatic N) is 1. The quantitative estimate of drug-likeness (QED) is 0.916. The average molecular weight is 342 g/mol. The number of morpholine rings is 1. The molecule has 0 radical (unpaired) electrons. The van der Waals surface area contributed by atoms with Crippen molar-refractivity contribution in [3.05, 3.63) is 29.8 Å². The van der Waals surface area contributed by atoms with Gasteiger partial charge in [-0.25, -0.2) is 0 Å². The first-order valence-corrected chi connectivity index (χ1v) is 7.71. The molecular weight excluding hydrogens is 325 g/mol. The highest BCUT2D eigenvalue weighted by molar-refractivity contribution is 5.99. The Morgan fingerprint density at radius 1 is 1.17 bits per heavy atom. The summed E-state index contributed by atoms with van der Waals surface area (Å²) in [4.78, 5) is 26.1. The van der Waals surface area contributed by atoms with Gasteiger partial charge in [-0.1, -0.05) is 6.07 Å². The second-order valence-corrected chi connectivity index (χ2v) is 5.95. The monoisotopic (exact) mass is 342 g/mol. The van der Waals surface area contributed by atoms with Crippen LogP contribution in [0.1, 0.15) is 12.0 Å². The van der Waals surface area contributed by atoms with E-state index in [0.717, 1.165) is 12.1 Å². The minimum Gasteiger partial charge on any atom is -0.378 e. The molecule has 1 N–H and O–H groups in total. The van der Waals surface area contributed by atoms with E-state index in [1.165, 1.54) is 12.1 Å². The van der Waals surface area contributed by atoms with Crippen LogP contribution >= 0.6 is 0 Å². The third kappa shape index (κ3) is 3.69. The number of alkyl halides is 3. The highest BCUT2D eigenvalue weighted by Crippen LogP contribution is 2.41. The van der Waals surface area contributed by atoms with Gasteiger partial charge in [-0.05, 0) is 24.6 Å². The SMILES string of the molecule is O=C(Nc1cccc(C(F)(F)F)c1)C1CC1C(=O)N1CCOCC1. The molecule has 0 bridgehead atoms. The van der Waals surface area contributed by atoms with Crippen LogP contribution in [0.4, 0.5) is 18.9 Å². The lowest BCUT2D eigenvalue weighted by Gasteiger charge is -2.27. The highest BCUT2D eigenvalue weighted by atomic mass is 19.4. The molecule has 0 spiro atoms. The van der Waals surface area contributed by atoms with Crippen molar-refractivity contribution in [2.45, 2.75) is 12.6 Å². The Labute approximate surface area is 136 Å². The first kappa shape index (κ1) is 16.8. The summed E-state index contributed by atoms with van der Waals surface area (Å²) in [5.41, 5.74) is -0.740. The summed E-state index contributed by atoms with van der Waals surface area (Å²) in [5.74, 6) is -1.35. The van der Waals surface area contributed by atoms with Crippen LogP contribution in [0.15, 0.2) is 24.3 Å². The van der Waals surface area contributed by atoms with Gasteiger partial charge in [0.1, 0.15) is 0 Å². The summed E-state index contributed by atoms with van der Waals surface area (Å²) in [7, 11) is 0. The standard InChI is InChI=1S/C16H17F3N2O3/c17-16(18,19)10-2-1-3-11(8-10)20-14(22)12-9-13(12)15(23)21-4-6-24-7-5-21/h1-3,8,12-13H,4-7,9H2,(H,20,22). The minimum absolute atomic E-state index is 0.0810. The third-order valence-corrected chi connectivity index (χ3v) is 4.22. The van der Waals surface area contributed by atoms with Crippen molar-refractivity contribution in [1.29, 1.82) is 0 Å². The number of rotatable bonds is 3. The van der Waals surface area contributed by atoms with Gasteiger partial charge in [0.25, 0.3) is 0 Å².